The topological polar surface area (TPSA) is 15.7 Å². The Hall–Kier alpha value is -1.36. The predicted octanol–water partition coefficient (Wildman–Crippen LogP) is 4.63. The highest BCUT2D eigenvalue weighted by atomic mass is 32.1. The van der Waals surface area contributed by atoms with E-state index in [1.807, 2.05) is 17.4 Å². The molecule has 0 saturated carbocycles. The molecule has 4 rings (SSSR count). The molecular formula is C22H30N2OS. The van der Waals surface area contributed by atoms with Gasteiger partial charge in [-0.05, 0) is 86.4 Å². The summed E-state index contributed by atoms with van der Waals surface area (Å²) in [5.41, 5.74) is 1.97. The number of nitrogens with zero attached hydrogens (tertiary/aromatic N) is 2. The van der Waals surface area contributed by atoms with E-state index in [9.17, 15) is 0 Å². The highest BCUT2D eigenvalue weighted by molar-refractivity contribution is 7.09. The summed E-state index contributed by atoms with van der Waals surface area (Å²) in [6, 6.07) is 13.0. The number of piperidine rings is 2. The van der Waals surface area contributed by atoms with E-state index in [1.165, 1.54) is 62.3 Å². The third kappa shape index (κ3) is 4.30. The van der Waals surface area contributed by atoms with Crippen molar-refractivity contribution in [3.63, 3.8) is 0 Å². The second kappa shape index (κ2) is 8.12. The summed E-state index contributed by atoms with van der Waals surface area (Å²) in [7, 11) is 1.74. The van der Waals surface area contributed by atoms with E-state index in [4.69, 9.17) is 4.74 Å². The van der Waals surface area contributed by atoms with Crippen molar-refractivity contribution in [1.29, 1.82) is 0 Å². The minimum absolute atomic E-state index is 0.608. The fraction of sp³-hybridized carbons (Fsp3) is 0.545. The van der Waals surface area contributed by atoms with E-state index in [0.29, 0.717) is 5.41 Å². The van der Waals surface area contributed by atoms with Gasteiger partial charge < -0.3 is 4.74 Å². The Morgan fingerprint density at radius 2 is 1.62 bits per heavy atom. The molecule has 0 bridgehead atoms. The van der Waals surface area contributed by atoms with Crippen molar-refractivity contribution >= 4 is 11.3 Å². The van der Waals surface area contributed by atoms with Gasteiger partial charge in [-0.3, -0.25) is 9.80 Å². The van der Waals surface area contributed by atoms with Crippen LogP contribution < -0.4 is 4.74 Å². The zero-order valence-electron chi connectivity index (χ0n) is 15.8. The number of methoxy groups -OCH3 is 1. The third-order valence-corrected chi connectivity index (χ3v) is 7.19. The molecule has 1 spiro atoms. The molecule has 0 N–H and O–H groups in total. The summed E-state index contributed by atoms with van der Waals surface area (Å²) >= 11 is 1.89. The van der Waals surface area contributed by atoms with Crippen LogP contribution in [0.5, 0.6) is 5.75 Å². The van der Waals surface area contributed by atoms with E-state index in [-0.39, 0.29) is 0 Å². The molecule has 4 heteroatoms. The Balaban J connectivity index is 1.25. The van der Waals surface area contributed by atoms with Gasteiger partial charge >= 0.3 is 0 Å². The van der Waals surface area contributed by atoms with Crippen molar-refractivity contribution in [3.8, 4) is 5.75 Å². The molecule has 0 radical (unpaired) electrons. The molecular weight excluding hydrogens is 340 g/mol. The van der Waals surface area contributed by atoms with Crippen molar-refractivity contribution in [3.05, 3.63) is 52.2 Å². The summed E-state index contributed by atoms with van der Waals surface area (Å²) in [6.45, 7) is 7.22. The van der Waals surface area contributed by atoms with Gasteiger partial charge in [0, 0.05) is 18.0 Å². The Bertz CT molecular complexity index is 682. The lowest BCUT2D eigenvalue weighted by Crippen LogP contribution is -2.46. The number of benzene rings is 1. The molecule has 2 aliphatic rings. The second-order valence-corrected chi connectivity index (χ2v) is 9.02. The van der Waals surface area contributed by atoms with Gasteiger partial charge in [0.25, 0.3) is 0 Å². The van der Waals surface area contributed by atoms with Crippen molar-refractivity contribution in [1.82, 2.24) is 9.80 Å². The number of rotatable bonds is 5. The normalized spacial score (nSPS) is 21.1. The van der Waals surface area contributed by atoms with Gasteiger partial charge in [0.1, 0.15) is 5.75 Å². The first kappa shape index (κ1) is 18.0. The molecule has 2 fully saturated rings. The smallest absolute Gasteiger partial charge is 0.119 e. The van der Waals surface area contributed by atoms with Crippen molar-refractivity contribution < 1.29 is 4.74 Å². The van der Waals surface area contributed by atoms with Crippen LogP contribution in [0.4, 0.5) is 0 Å². The molecule has 3 nitrogen and oxygen atoms in total. The molecule has 3 heterocycles. The van der Waals surface area contributed by atoms with Crippen LogP contribution in [0.3, 0.4) is 0 Å². The highest BCUT2D eigenvalue weighted by Crippen LogP contribution is 2.41. The van der Waals surface area contributed by atoms with Crippen LogP contribution in [-0.4, -0.2) is 43.1 Å². The molecule has 1 aromatic heterocycles. The molecule has 2 aromatic rings. The van der Waals surface area contributed by atoms with Crippen LogP contribution in [0.2, 0.25) is 0 Å². The van der Waals surface area contributed by atoms with Crippen LogP contribution in [0.15, 0.2) is 41.8 Å². The monoisotopic (exact) mass is 370 g/mol. The lowest BCUT2D eigenvalue weighted by atomic mass is 9.71. The quantitative estimate of drug-likeness (QED) is 0.763. The maximum absolute atomic E-state index is 5.36. The average Bonchev–Trinajstić information content (AvgIpc) is 3.19. The molecule has 2 saturated heterocycles. The van der Waals surface area contributed by atoms with Gasteiger partial charge in [-0.15, -0.1) is 11.3 Å². The maximum atomic E-state index is 5.36. The van der Waals surface area contributed by atoms with Gasteiger partial charge in [0.15, 0.2) is 0 Å². The molecule has 0 amide bonds. The number of hydrogen-bond donors (Lipinski definition) is 0. The fourth-order valence-corrected chi connectivity index (χ4v) is 5.27. The number of ether oxygens (including phenoxy) is 1. The minimum Gasteiger partial charge on any atom is -0.497 e. The summed E-state index contributed by atoms with van der Waals surface area (Å²) in [5, 5.41) is 2.19. The summed E-state index contributed by atoms with van der Waals surface area (Å²) in [6.07, 6.45) is 5.49. The minimum atomic E-state index is 0.608. The van der Waals surface area contributed by atoms with E-state index in [1.54, 1.807) is 7.11 Å². The zero-order valence-corrected chi connectivity index (χ0v) is 16.6. The van der Waals surface area contributed by atoms with Gasteiger partial charge in [0.05, 0.1) is 7.11 Å². The lowest BCUT2D eigenvalue weighted by Gasteiger charge is -2.47. The molecule has 140 valence electrons. The average molecular weight is 371 g/mol. The standard InChI is InChI=1S/C22H30N2OS/c1-25-20-5-2-4-19(16-20)17-23-11-7-22(8-12-23)9-13-24(14-10-22)18-21-6-3-15-26-21/h2-6,15-16H,7-14,17-18H2,1H3. The van der Waals surface area contributed by atoms with Crippen LogP contribution in [0.1, 0.15) is 36.1 Å². The van der Waals surface area contributed by atoms with Crippen LogP contribution in [0, 0.1) is 5.41 Å². The highest BCUT2D eigenvalue weighted by Gasteiger charge is 2.37. The largest absolute Gasteiger partial charge is 0.497 e. The molecule has 1 aromatic carbocycles. The number of thiophene rings is 1. The van der Waals surface area contributed by atoms with E-state index in [2.05, 4.69) is 45.5 Å². The van der Waals surface area contributed by atoms with Crippen molar-refractivity contribution in [2.24, 2.45) is 5.41 Å². The lowest BCUT2D eigenvalue weighted by molar-refractivity contribution is 0.0302. The number of likely N-dealkylation sites (tertiary alicyclic amines) is 2. The van der Waals surface area contributed by atoms with E-state index in [0.717, 1.165) is 18.8 Å². The SMILES string of the molecule is COc1cccc(CN2CCC3(CC2)CCN(Cc2cccs2)CC3)c1. The first-order chi connectivity index (χ1) is 12.7. The zero-order chi connectivity index (χ0) is 17.8. The Kier molecular flexibility index (Phi) is 5.63. The van der Waals surface area contributed by atoms with Crippen LogP contribution in [0.25, 0.3) is 0 Å². The van der Waals surface area contributed by atoms with Gasteiger partial charge in [0.2, 0.25) is 0 Å². The van der Waals surface area contributed by atoms with Crippen LogP contribution >= 0.6 is 11.3 Å². The Morgan fingerprint density at radius 3 is 2.23 bits per heavy atom. The van der Waals surface area contributed by atoms with Gasteiger partial charge in [-0.2, -0.15) is 0 Å². The van der Waals surface area contributed by atoms with Gasteiger partial charge in [-0.1, -0.05) is 18.2 Å². The summed E-state index contributed by atoms with van der Waals surface area (Å²) in [4.78, 5) is 6.78. The molecule has 26 heavy (non-hydrogen) atoms. The maximum Gasteiger partial charge on any atom is 0.119 e. The molecule has 0 atom stereocenters. The molecule has 0 unspecified atom stereocenters. The first-order valence-electron chi connectivity index (χ1n) is 9.85. The Morgan fingerprint density at radius 1 is 0.923 bits per heavy atom. The number of hydrogen-bond acceptors (Lipinski definition) is 4. The summed E-state index contributed by atoms with van der Waals surface area (Å²) < 4.78 is 5.36. The Labute approximate surface area is 161 Å². The second-order valence-electron chi connectivity index (χ2n) is 7.98. The molecule has 0 aliphatic carbocycles. The van der Waals surface area contributed by atoms with E-state index < -0.39 is 0 Å². The van der Waals surface area contributed by atoms with E-state index >= 15 is 0 Å². The third-order valence-electron chi connectivity index (χ3n) is 6.33. The molecule has 2 aliphatic heterocycles. The van der Waals surface area contributed by atoms with Crippen molar-refractivity contribution in [2.45, 2.75) is 38.8 Å². The fourth-order valence-electron chi connectivity index (χ4n) is 4.52. The predicted molar refractivity (Wildman–Crippen MR) is 109 cm³/mol. The van der Waals surface area contributed by atoms with Crippen LogP contribution in [-0.2, 0) is 13.1 Å². The first-order valence-corrected chi connectivity index (χ1v) is 10.7. The van der Waals surface area contributed by atoms with Gasteiger partial charge in [-0.25, -0.2) is 0 Å². The van der Waals surface area contributed by atoms with Crippen molar-refractivity contribution in [2.75, 3.05) is 33.3 Å². The summed E-state index contributed by atoms with van der Waals surface area (Å²) in [5.74, 6) is 0.967.